The predicted molar refractivity (Wildman–Crippen MR) is 93.1 cm³/mol. The van der Waals surface area contributed by atoms with Crippen molar-refractivity contribution in [3.05, 3.63) is 29.8 Å². The molecule has 1 saturated heterocycles. The molecule has 1 aromatic carbocycles. The molecule has 2 rings (SSSR count). The lowest BCUT2D eigenvalue weighted by molar-refractivity contribution is -0.136. The van der Waals surface area contributed by atoms with E-state index in [0.717, 1.165) is 18.4 Å². The Labute approximate surface area is 152 Å². The van der Waals surface area contributed by atoms with Gasteiger partial charge in [-0.05, 0) is 30.5 Å². The highest BCUT2D eigenvalue weighted by Gasteiger charge is 2.20. The average Bonchev–Trinajstić information content (AvgIpc) is 3.12. The van der Waals surface area contributed by atoms with Gasteiger partial charge in [0.1, 0.15) is 0 Å². The zero-order valence-electron chi connectivity index (χ0n) is 14.2. The van der Waals surface area contributed by atoms with E-state index >= 15 is 0 Å². The molecule has 1 aromatic rings. The minimum Gasteiger partial charge on any atom is -0.481 e. The van der Waals surface area contributed by atoms with Gasteiger partial charge in [0.2, 0.25) is 10.0 Å². The Morgan fingerprint density at radius 1 is 1.19 bits per heavy atom. The number of urea groups is 1. The van der Waals surface area contributed by atoms with Crippen LogP contribution >= 0.6 is 0 Å². The van der Waals surface area contributed by atoms with E-state index in [1.807, 2.05) is 0 Å². The molecule has 26 heavy (non-hydrogen) atoms. The third-order valence-corrected chi connectivity index (χ3v) is 5.28. The highest BCUT2D eigenvalue weighted by atomic mass is 32.2. The molecule has 0 saturated carbocycles. The SMILES string of the molecule is O=C(O)CCNC(=O)NCc1ccc(S(=O)(=O)NCC2CCCO2)cc1. The van der Waals surface area contributed by atoms with Crippen molar-refractivity contribution in [2.45, 2.75) is 36.8 Å². The van der Waals surface area contributed by atoms with E-state index in [-0.39, 0.29) is 37.1 Å². The molecular weight excluding hydrogens is 362 g/mol. The maximum atomic E-state index is 12.2. The fourth-order valence-electron chi connectivity index (χ4n) is 2.41. The van der Waals surface area contributed by atoms with Crippen LogP contribution in [0.25, 0.3) is 0 Å². The second kappa shape index (κ2) is 9.51. The van der Waals surface area contributed by atoms with Gasteiger partial charge < -0.3 is 20.5 Å². The van der Waals surface area contributed by atoms with Crippen LogP contribution in [-0.4, -0.2) is 51.3 Å². The maximum Gasteiger partial charge on any atom is 0.315 e. The van der Waals surface area contributed by atoms with Gasteiger partial charge >= 0.3 is 12.0 Å². The first kappa shape index (κ1) is 20.1. The molecule has 1 fully saturated rings. The lowest BCUT2D eigenvalue weighted by Gasteiger charge is -2.12. The smallest absolute Gasteiger partial charge is 0.315 e. The van der Waals surface area contributed by atoms with Gasteiger partial charge in [0, 0.05) is 26.2 Å². The quantitative estimate of drug-likeness (QED) is 0.487. The number of nitrogens with one attached hydrogen (secondary N) is 3. The molecule has 0 aliphatic carbocycles. The topological polar surface area (TPSA) is 134 Å². The fourth-order valence-corrected chi connectivity index (χ4v) is 3.47. The first-order valence-corrected chi connectivity index (χ1v) is 9.79. The number of rotatable bonds is 9. The monoisotopic (exact) mass is 385 g/mol. The van der Waals surface area contributed by atoms with Crippen LogP contribution in [0.5, 0.6) is 0 Å². The van der Waals surface area contributed by atoms with Crippen LogP contribution in [0.15, 0.2) is 29.2 Å². The summed E-state index contributed by atoms with van der Waals surface area (Å²) in [5.74, 6) is -0.991. The Morgan fingerprint density at radius 3 is 2.54 bits per heavy atom. The lowest BCUT2D eigenvalue weighted by Crippen LogP contribution is -2.36. The van der Waals surface area contributed by atoms with Crippen molar-refractivity contribution in [3.63, 3.8) is 0 Å². The van der Waals surface area contributed by atoms with Gasteiger partial charge in [-0.3, -0.25) is 4.79 Å². The van der Waals surface area contributed by atoms with E-state index in [1.54, 1.807) is 12.1 Å². The molecule has 0 spiro atoms. The number of aliphatic carboxylic acids is 1. The van der Waals surface area contributed by atoms with Gasteiger partial charge in [0.15, 0.2) is 0 Å². The summed E-state index contributed by atoms with van der Waals surface area (Å²) in [4.78, 5) is 22.0. The van der Waals surface area contributed by atoms with Crippen LogP contribution in [0.1, 0.15) is 24.8 Å². The molecule has 1 unspecified atom stereocenters. The first-order valence-electron chi connectivity index (χ1n) is 8.30. The molecule has 2 amide bonds. The fraction of sp³-hybridized carbons (Fsp3) is 0.500. The molecule has 9 nitrogen and oxygen atoms in total. The number of carbonyl (C=O) groups is 2. The molecule has 1 heterocycles. The second-order valence-corrected chi connectivity index (χ2v) is 7.65. The van der Waals surface area contributed by atoms with E-state index in [4.69, 9.17) is 9.84 Å². The average molecular weight is 385 g/mol. The van der Waals surface area contributed by atoms with E-state index in [0.29, 0.717) is 6.61 Å². The summed E-state index contributed by atoms with van der Waals surface area (Å²) in [6.07, 6.45) is 1.56. The molecule has 0 bridgehead atoms. The van der Waals surface area contributed by atoms with Crippen LogP contribution in [0, 0.1) is 0 Å². The van der Waals surface area contributed by atoms with Crippen molar-refractivity contribution < 1.29 is 27.9 Å². The molecule has 144 valence electrons. The minimum absolute atomic E-state index is 0.0364. The standard InChI is InChI=1S/C16H23N3O6S/c20-15(21)7-8-17-16(22)18-10-12-3-5-14(6-4-12)26(23,24)19-11-13-2-1-9-25-13/h3-6,13,19H,1-2,7-11H2,(H,20,21)(H2,17,18,22). The van der Waals surface area contributed by atoms with Gasteiger partial charge in [-0.2, -0.15) is 0 Å². The Kier molecular flexibility index (Phi) is 7.37. The third kappa shape index (κ3) is 6.62. The van der Waals surface area contributed by atoms with E-state index in [2.05, 4.69) is 15.4 Å². The van der Waals surface area contributed by atoms with Crippen LogP contribution in [-0.2, 0) is 26.1 Å². The molecular formula is C16H23N3O6S. The summed E-state index contributed by atoms with van der Waals surface area (Å²) in [6.45, 7) is 1.15. The van der Waals surface area contributed by atoms with Crippen molar-refractivity contribution in [2.75, 3.05) is 19.7 Å². The number of ether oxygens (including phenoxy) is 1. The number of benzene rings is 1. The van der Waals surface area contributed by atoms with E-state index in [1.165, 1.54) is 12.1 Å². The Bertz CT molecular complexity index is 714. The molecule has 4 N–H and O–H groups in total. The number of carboxylic acid groups (broad SMARTS) is 1. The number of hydrogen-bond donors (Lipinski definition) is 4. The number of sulfonamides is 1. The molecule has 1 atom stereocenters. The number of carbonyl (C=O) groups excluding carboxylic acids is 1. The van der Waals surface area contributed by atoms with Gasteiger partial charge in [0.25, 0.3) is 0 Å². The second-order valence-electron chi connectivity index (χ2n) is 5.88. The van der Waals surface area contributed by atoms with Crippen LogP contribution in [0.2, 0.25) is 0 Å². The molecule has 10 heteroatoms. The van der Waals surface area contributed by atoms with Gasteiger partial charge in [0.05, 0.1) is 17.4 Å². The maximum absolute atomic E-state index is 12.2. The molecule has 1 aliphatic heterocycles. The minimum atomic E-state index is -3.60. The first-order chi connectivity index (χ1) is 12.4. The summed E-state index contributed by atoms with van der Waals surface area (Å²) >= 11 is 0. The van der Waals surface area contributed by atoms with Crippen molar-refractivity contribution in [1.82, 2.24) is 15.4 Å². The summed E-state index contributed by atoms with van der Waals surface area (Å²) in [5.41, 5.74) is 0.719. The summed E-state index contributed by atoms with van der Waals surface area (Å²) in [7, 11) is -3.60. The predicted octanol–water partition coefficient (Wildman–Crippen LogP) is 0.418. The molecule has 0 radical (unpaired) electrons. The number of hydrogen-bond acceptors (Lipinski definition) is 5. The highest BCUT2D eigenvalue weighted by molar-refractivity contribution is 7.89. The van der Waals surface area contributed by atoms with Gasteiger partial charge in [-0.15, -0.1) is 0 Å². The van der Waals surface area contributed by atoms with Crippen LogP contribution in [0.3, 0.4) is 0 Å². The lowest BCUT2D eigenvalue weighted by atomic mass is 10.2. The van der Waals surface area contributed by atoms with Gasteiger partial charge in [-0.25, -0.2) is 17.9 Å². The molecule has 1 aliphatic rings. The highest BCUT2D eigenvalue weighted by Crippen LogP contribution is 2.14. The summed E-state index contributed by atoms with van der Waals surface area (Å²) in [6, 6.07) is 5.67. The van der Waals surface area contributed by atoms with E-state index < -0.39 is 22.0 Å². The third-order valence-electron chi connectivity index (χ3n) is 3.84. The zero-order chi connectivity index (χ0) is 19.0. The van der Waals surface area contributed by atoms with Crippen LogP contribution in [0.4, 0.5) is 4.79 Å². The number of carboxylic acids is 1. The Balaban J connectivity index is 1.79. The Hall–Kier alpha value is -2.17. The zero-order valence-corrected chi connectivity index (χ0v) is 15.0. The van der Waals surface area contributed by atoms with Crippen molar-refractivity contribution in [2.24, 2.45) is 0 Å². The van der Waals surface area contributed by atoms with Crippen molar-refractivity contribution in [3.8, 4) is 0 Å². The summed E-state index contributed by atoms with van der Waals surface area (Å²) < 4.78 is 32.4. The van der Waals surface area contributed by atoms with Gasteiger partial charge in [-0.1, -0.05) is 12.1 Å². The molecule has 0 aromatic heterocycles. The van der Waals surface area contributed by atoms with Crippen molar-refractivity contribution >= 4 is 22.0 Å². The van der Waals surface area contributed by atoms with E-state index in [9.17, 15) is 18.0 Å². The largest absolute Gasteiger partial charge is 0.481 e. The number of amides is 2. The Morgan fingerprint density at radius 2 is 1.92 bits per heavy atom. The normalized spacial score (nSPS) is 17.0. The summed E-state index contributed by atoms with van der Waals surface area (Å²) in [5, 5.41) is 13.5. The van der Waals surface area contributed by atoms with Crippen LogP contribution < -0.4 is 15.4 Å². The van der Waals surface area contributed by atoms with Crippen molar-refractivity contribution in [1.29, 1.82) is 0 Å².